The number of likely N-dealkylation sites (tertiary alicyclic amines) is 1. The van der Waals surface area contributed by atoms with E-state index in [-0.39, 0.29) is 12.6 Å². The molecule has 1 saturated heterocycles. The molecule has 18 heavy (non-hydrogen) atoms. The van der Waals surface area contributed by atoms with Gasteiger partial charge in [-0.05, 0) is 20.3 Å². The summed E-state index contributed by atoms with van der Waals surface area (Å²) in [4.78, 5) is 36.7. The minimum atomic E-state index is -0.945. The smallest absolute Gasteiger partial charge is 0.319 e. The Morgan fingerprint density at radius 2 is 1.94 bits per heavy atom. The molecule has 0 aromatic rings. The second-order valence-electron chi connectivity index (χ2n) is 4.54. The summed E-state index contributed by atoms with van der Waals surface area (Å²) in [7, 11) is 0. The fourth-order valence-electron chi connectivity index (χ4n) is 2.23. The summed E-state index contributed by atoms with van der Waals surface area (Å²) in [6.45, 7) is 6.25. The molecule has 0 aliphatic carbocycles. The molecule has 0 aromatic heterocycles. The van der Waals surface area contributed by atoms with Crippen LogP contribution in [0.15, 0.2) is 0 Å². The van der Waals surface area contributed by atoms with Crippen LogP contribution in [0.1, 0.15) is 40.0 Å². The third-order valence-electron chi connectivity index (χ3n) is 3.27. The Labute approximate surface area is 107 Å². The van der Waals surface area contributed by atoms with Crippen molar-refractivity contribution in [3.05, 3.63) is 0 Å². The molecule has 2 atom stereocenters. The third-order valence-corrected chi connectivity index (χ3v) is 3.27. The fraction of sp³-hybridized carbons (Fsp3) is 0.769. The number of ether oxygens (including phenoxy) is 1. The number of unbranched alkanes of at least 4 members (excludes halogenated alkanes) is 2. The van der Waals surface area contributed by atoms with E-state index in [2.05, 4.69) is 6.92 Å². The average molecular weight is 255 g/mol. The van der Waals surface area contributed by atoms with Crippen molar-refractivity contribution in [3.8, 4) is 0 Å². The Balaban J connectivity index is 2.70. The first-order valence-corrected chi connectivity index (χ1v) is 6.56. The molecule has 1 fully saturated rings. The van der Waals surface area contributed by atoms with Crippen LogP contribution in [0.2, 0.25) is 0 Å². The summed E-state index contributed by atoms with van der Waals surface area (Å²) in [6.07, 6.45) is 2.91. The molecule has 0 spiro atoms. The summed E-state index contributed by atoms with van der Waals surface area (Å²) in [5.74, 6) is -2.70. The molecular weight excluding hydrogens is 234 g/mol. The second kappa shape index (κ2) is 6.52. The van der Waals surface area contributed by atoms with Crippen LogP contribution >= 0.6 is 0 Å². The Morgan fingerprint density at radius 3 is 2.50 bits per heavy atom. The maximum absolute atomic E-state index is 11.8. The zero-order chi connectivity index (χ0) is 13.7. The van der Waals surface area contributed by atoms with Crippen LogP contribution in [-0.2, 0) is 19.1 Å². The number of carbonyl (C=O) groups excluding carboxylic acids is 3. The van der Waals surface area contributed by atoms with Gasteiger partial charge >= 0.3 is 5.97 Å². The number of hydrogen-bond acceptors (Lipinski definition) is 4. The Kier molecular flexibility index (Phi) is 5.31. The van der Waals surface area contributed by atoms with E-state index in [0.717, 1.165) is 19.3 Å². The van der Waals surface area contributed by atoms with Crippen molar-refractivity contribution in [2.75, 3.05) is 13.2 Å². The first-order valence-electron chi connectivity index (χ1n) is 6.56. The summed E-state index contributed by atoms with van der Waals surface area (Å²) in [5, 5.41) is 0. The quantitative estimate of drug-likeness (QED) is 0.309. The van der Waals surface area contributed by atoms with Gasteiger partial charge in [-0.15, -0.1) is 0 Å². The van der Waals surface area contributed by atoms with Crippen molar-refractivity contribution < 1.29 is 19.1 Å². The minimum absolute atomic E-state index is 0.222. The van der Waals surface area contributed by atoms with Crippen LogP contribution in [0.25, 0.3) is 0 Å². The standard InChI is InChI=1S/C13H21NO4/c1-4-6-7-8-14-9(3)10(11(15)12(14)16)13(17)18-5-2/h9-10H,4-8H2,1-3H3. The molecule has 0 saturated carbocycles. The molecule has 1 amide bonds. The van der Waals surface area contributed by atoms with E-state index in [0.29, 0.717) is 6.54 Å². The van der Waals surface area contributed by atoms with Gasteiger partial charge in [0.1, 0.15) is 5.92 Å². The van der Waals surface area contributed by atoms with Gasteiger partial charge in [-0.2, -0.15) is 0 Å². The first-order chi connectivity index (χ1) is 8.54. The molecule has 1 aliphatic rings. The maximum Gasteiger partial charge on any atom is 0.319 e. The number of hydrogen-bond donors (Lipinski definition) is 0. The van der Waals surface area contributed by atoms with Crippen molar-refractivity contribution in [1.29, 1.82) is 0 Å². The van der Waals surface area contributed by atoms with Crippen molar-refractivity contribution in [3.63, 3.8) is 0 Å². The highest BCUT2D eigenvalue weighted by Gasteiger charge is 2.49. The van der Waals surface area contributed by atoms with Gasteiger partial charge in [0.15, 0.2) is 0 Å². The molecule has 0 radical (unpaired) electrons. The topological polar surface area (TPSA) is 63.7 Å². The Hall–Kier alpha value is -1.39. The molecule has 102 valence electrons. The van der Waals surface area contributed by atoms with E-state index < -0.39 is 23.6 Å². The fourth-order valence-corrected chi connectivity index (χ4v) is 2.23. The summed E-state index contributed by atoms with van der Waals surface area (Å²) < 4.78 is 4.85. The highest BCUT2D eigenvalue weighted by Crippen LogP contribution is 2.24. The van der Waals surface area contributed by atoms with Gasteiger partial charge < -0.3 is 9.64 Å². The molecule has 2 unspecified atom stereocenters. The van der Waals surface area contributed by atoms with Crippen molar-refractivity contribution in [2.24, 2.45) is 5.92 Å². The first kappa shape index (κ1) is 14.7. The molecule has 5 nitrogen and oxygen atoms in total. The maximum atomic E-state index is 11.8. The molecule has 0 bridgehead atoms. The Morgan fingerprint density at radius 1 is 1.28 bits per heavy atom. The van der Waals surface area contributed by atoms with Crippen LogP contribution in [0.5, 0.6) is 0 Å². The molecule has 1 heterocycles. The zero-order valence-electron chi connectivity index (χ0n) is 11.3. The van der Waals surface area contributed by atoms with E-state index in [9.17, 15) is 14.4 Å². The number of Topliss-reactive ketones (excluding diaryl/α,β-unsaturated/α-hetero) is 1. The lowest BCUT2D eigenvalue weighted by Gasteiger charge is -2.22. The number of nitrogens with zero attached hydrogens (tertiary/aromatic N) is 1. The normalized spacial score (nSPS) is 23.6. The van der Waals surface area contributed by atoms with Crippen molar-refractivity contribution in [2.45, 2.75) is 46.1 Å². The largest absolute Gasteiger partial charge is 0.465 e. The van der Waals surface area contributed by atoms with Crippen LogP contribution < -0.4 is 0 Å². The lowest BCUT2D eigenvalue weighted by Crippen LogP contribution is -2.36. The molecule has 5 heteroatoms. The van der Waals surface area contributed by atoms with Gasteiger partial charge in [-0.1, -0.05) is 19.8 Å². The predicted octanol–water partition coefficient (Wildman–Crippen LogP) is 1.16. The summed E-state index contributed by atoms with van der Waals surface area (Å²) in [6, 6.07) is -0.388. The van der Waals surface area contributed by atoms with Gasteiger partial charge in [-0.25, -0.2) is 0 Å². The van der Waals surface area contributed by atoms with Gasteiger partial charge in [0, 0.05) is 6.54 Å². The minimum Gasteiger partial charge on any atom is -0.465 e. The van der Waals surface area contributed by atoms with E-state index in [4.69, 9.17) is 4.74 Å². The van der Waals surface area contributed by atoms with E-state index in [1.807, 2.05) is 0 Å². The summed E-state index contributed by atoms with van der Waals surface area (Å²) >= 11 is 0. The number of rotatable bonds is 6. The van der Waals surface area contributed by atoms with Gasteiger partial charge in [0.25, 0.3) is 5.91 Å². The molecule has 1 aliphatic heterocycles. The highest BCUT2D eigenvalue weighted by molar-refractivity contribution is 6.42. The van der Waals surface area contributed by atoms with Crippen LogP contribution in [-0.4, -0.2) is 41.8 Å². The van der Waals surface area contributed by atoms with Crippen molar-refractivity contribution >= 4 is 17.7 Å². The highest BCUT2D eigenvalue weighted by atomic mass is 16.5. The lowest BCUT2D eigenvalue weighted by molar-refractivity contribution is -0.152. The third kappa shape index (κ3) is 2.89. The zero-order valence-corrected chi connectivity index (χ0v) is 11.3. The second-order valence-corrected chi connectivity index (χ2v) is 4.54. The number of esters is 1. The van der Waals surface area contributed by atoms with Crippen LogP contribution in [0.3, 0.4) is 0 Å². The molecule has 1 rings (SSSR count). The van der Waals surface area contributed by atoms with Crippen LogP contribution in [0.4, 0.5) is 0 Å². The van der Waals surface area contributed by atoms with E-state index >= 15 is 0 Å². The molecular formula is C13H21NO4. The van der Waals surface area contributed by atoms with Crippen molar-refractivity contribution in [1.82, 2.24) is 4.90 Å². The van der Waals surface area contributed by atoms with Gasteiger partial charge in [0.2, 0.25) is 5.78 Å². The van der Waals surface area contributed by atoms with Gasteiger partial charge in [0.05, 0.1) is 12.6 Å². The average Bonchev–Trinajstić information content (AvgIpc) is 2.53. The number of carbonyl (C=O) groups is 3. The van der Waals surface area contributed by atoms with E-state index in [1.165, 1.54) is 4.90 Å². The van der Waals surface area contributed by atoms with Crippen LogP contribution in [0, 0.1) is 5.92 Å². The number of amides is 1. The lowest BCUT2D eigenvalue weighted by atomic mass is 10.0. The Bertz CT molecular complexity index is 340. The molecule has 0 N–H and O–H groups in total. The van der Waals surface area contributed by atoms with Gasteiger partial charge in [-0.3, -0.25) is 14.4 Å². The molecule has 0 aromatic carbocycles. The SMILES string of the molecule is CCCCCN1C(=O)C(=O)C(C(=O)OCC)C1C. The predicted molar refractivity (Wildman–Crippen MR) is 65.8 cm³/mol. The summed E-state index contributed by atoms with van der Waals surface area (Å²) in [5.41, 5.74) is 0. The number of ketones is 1. The monoisotopic (exact) mass is 255 g/mol. The van der Waals surface area contributed by atoms with E-state index in [1.54, 1.807) is 13.8 Å².